The topological polar surface area (TPSA) is 75.0 Å². The van der Waals surface area contributed by atoms with Gasteiger partial charge in [0.1, 0.15) is 12.4 Å². The van der Waals surface area contributed by atoms with E-state index in [0.717, 1.165) is 16.9 Å². The Morgan fingerprint density at radius 3 is 2.61 bits per heavy atom. The standard InChI is InChI=1S/C23H21N3O4S/c1-4-12-30-17-9-7-16(8-10-17)21-24-23-26(25-21)22(27)20(31-23)14-15-6-11-18(29-5-2)19(13-15)28-3/h4,6-11,13-14H,1,5,12H2,2-3H3/b20-14-. The van der Waals surface area contributed by atoms with Crippen molar-refractivity contribution >= 4 is 22.4 Å². The summed E-state index contributed by atoms with van der Waals surface area (Å²) in [6.07, 6.45) is 3.49. The predicted molar refractivity (Wildman–Crippen MR) is 121 cm³/mol. The van der Waals surface area contributed by atoms with Gasteiger partial charge in [0.15, 0.2) is 17.3 Å². The van der Waals surface area contributed by atoms with E-state index in [1.165, 1.54) is 15.9 Å². The fourth-order valence-corrected chi connectivity index (χ4v) is 3.92. The van der Waals surface area contributed by atoms with E-state index in [0.29, 0.717) is 40.0 Å². The molecule has 0 fully saturated rings. The Morgan fingerprint density at radius 2 is 1.94 bits per heavy atom. The summed E-state index contributed by atoms with van der Waals surface area (Å²) in [7, 11) is 1.59. The molecule has 0 amide bonds. The smallest absolute Gasteiger partial charge is 0.291 e. The molecule has 0 spiro atoms. The normalized spacial score (nSPS) is 11.6. The van der Waals surface area contributed by atoms with Crippen LogP contribution in [0.15, 0.2) is 59.9 Å². The van der Waals surface area contributed by atoms with Gasteiger partial charge in [-0.1, -0.05) is 30.1 Å². The van der Waals surface area contributed by atoms with Crippen molar-refractivity contribution in [2.24, 2.45) is 0 Å². The molecule has 0 unspecified atom stereocenters. The molecule has 0 saturated heterocycles. The summed E-state index contributed by atoms with van der Waals surface area (Å²) in [5, 5.41) is 4.39. The second-order valence-corrected chi connectivity index (χ2v) is 7.52. The van der Waals surface area contributed by atoms with Gasteiger partial charge in [-0.2, -0.15) is 9.50 Å². The molecular formula is C23H21N3O4S. The number of thiazole rings is 1. The first-order valence-electron chi connectivity index (χ1n) is 9.69. The Balaban J connectivity index is 1.65. The van der Waals surface area contributed by atoms with Gasteiger partial charge in [0, 0.05) is 5.56 Å². The Kier molecular flexibility index (Phi) is 5.99. The molecule has 0 atom stereocenters. The van der Waals surface area contributed by atoms with Gasteiger partial charge in [-0.15, -0.1) is 5.10 Å². The van der Waals surface area contributed by atoms with Crippen LogP contribution in [0.5, 0.6) is 17.2 Å². The van der Waals surface area contributed by atoms with Crippen LogP contribution in [0.1, 0.15) is 12.5 Å². The molecule has 0 aliphatic rings. The van der Waals surface area contributed by atoms with Crippen molar-refractivity contribution in [3.8, 4) is 28.6 Å². The molecule has 2 aromatic carbocycles. The van der Waals surface area contributed by atoms with E-state index in [2.05, 4.69) is 16.7 Å². The molecule has 0 aliphatic heterocycles. The second kappa shape index (κ2) is 9.01. The maximum Gasteiger partial charge on any atom is 0.291 e. The van der Waals surface area contributed by atoms with E-state index in [-0.39, 0.29) is 5.56 Å². The number of rotatable bonds is 8. The summed E-state index contributed by atoms with van der Waals surface area (Å²) in [6, 6.07) is 12.9. The van der Waals surface area contributed by atoms with Crippen molar-refractivity contribution in [3.05, 3.63) is 75.6 Å². The highest BCUT2D eigenvalue weighted by Gasteiger charge is 2.12. The fraction of sp³-hybridized carbons (Fsp3) is 0.174. The number of hydrogen-bond donors (Lipinski definition) is 0. The van der Waals surface area contributed by atoms with Gasteiger partial charge in [0.25, 0.3) is 5.56 Å². The van der Waals surface area contributed by atoms with Gasteiger partial charge >= 0.3 is 0 Å². The molecule has 8 heteroatoms. The SMILES string of the molecule is C=CCOc1ccc(-c2nc3s/c(=C\c4ccc(OCC)c(OC)c4)c(=O)n3n2)cc1. The second-order valence-electron chi connectivity index (χ2n) is 6.51. The molecule has 4 aromatic rings. The van der Waals surface area contributed by atoms with Crippen molar-refractivity contribution in [1.82, 2.24) is 14.6 Å². The average molecular weight is 436 g/mol. The van der Waals surface area contributed by atoms with Crippen molar-refractivity contribution in [1.29, 1.82) is 0 Å². The van der Waals surface area contributed by atoms with E-state index >= 15 is 0 Å². The van der Waals surface area contributed by atoms with Crippen LogP contribution in [0.4, 0.5) is 0 Å². The molecule has 7 nitrogen and oxygen atoms in total. The molecule has 4 rings (SSSR count). The van der Waals surface area contributed by atoms with E-state index in [1.807, 2.05) is 49.4 Å². The Hall–Kier alpha value is -3.65. The number of ether oxygens (including phenoxy) is 3. The third-order valence-electron chi connectivity index (χ3n) is 4.45. The fourth-order valence-electron chi connectivity index (χ4n) is 3.01. The molecular weight excluding hydrogens is 414 g/mol. The molecule has 0 N–H and O–H groups in total. The number of nitrogens with zero attached hydrogens (tertiary/aromatic N) is 3. The molecule has 0 saturated carbocycles. The van der Waals surface area contributed by atoms with Crippen LogP contribution >= 0.6 is 11.3 Å². The van der Waals surface area contributed by atoms with E-state index < -0.39 is 0 Å². The number of benzene rings is 2. The summed E-state index contributed by atoms with van der Waals surface area (Å²) in [4.78, 5) is 17.9. The van der Waals surface area contributed by atoms with Crippen LogP contribution in [0.2, 0.25) is 0 Å². The van der Waals surface area contributed by atoms with Crippen LogP contribution in [-0.4, -0.2) is 34.9 Å². The van der Waals surface area contributed by atoms with Gasteiger partial charge in [0.05, 0.1) is 18.2 Å². The van der Waals surface area contributed by atoms with E-state index in [1.54, 1.807) is 19.3 Å². The zero-order valence-electron chi connectivity index (χ0n) is 17.2. The van der Waals surface area contributed by atoms with Crippen LogP contribution < -0.4 is 24.3 Å². The Morgan fingerprint density at radius 1 is 1.13 bits per heavy atom. The summed E-state index contributed by atoms with van der Waals surface area (Å²) in [6.45, 7) is 6.53. The Bertz CT molecular complexity index is 1330. The minimum Gasteiger partial charge on any atom is -0.493 e. The van der Waals surface area contributed by atoms with Crippen molar-refractivity contribution in [2.75, 3.05) is 20.3 Å². The lowest BCUT2D eigenvalue weighted by molar-refractivity contribution is 0.311. The minimum absolute atomic E-state index is 0.211. The predicted octanol–water partition coefficient (Wildman–Crippen LogP) is 3.34. The highest BCUT2D eigenvalue weighted by atomic mass is 32.1. The number of hydrogen-bond acceptors (Lipinski definition) is 7. The van der Waals surface area contributed by atoms with E-state index in [4.69, 9.17) is 14.2 Å². The van der Waals surface area contributed by atoms with Crippen LogP contribution in [0, 0.1) is 0 Å². The monoisotopic (exact) mass is 435 g/mol. The summed E-state index contributed by atoms with van der Waals surface area (Å²) in [5.41, 5.74) is 1.43. The van der Waals surface area contributed by atoms with Crippen molar-refractivity contribution in [2.45, 2.75) is 6.92 Å². The third-order valence-corrected chi connectivity index (χ3v) is 5.41. The molecule has 2 heterocycles. The molecule has 158 valence electrons. The number of fused-ring (bicyclic) bond motifs is 1. The third kappa shape index (κ3) is 4.29. The van der Waals surface area contributed by atoms with Gasteiger partial charge in [-0.3, -0.25) is 4.79 Å². The zero-order chi connectivity index (χ0) is 21.8. The van der Waals surface area contributed by atoms with Gasteiger partial charge in [-0.25, -0.2) is 0 Å². The van der Waals surface area contributed by atoms with E-state index in [9.17, 15) is 4.79 Å². The quantitative estimate of drug-likeness (QED) is 0.395. The molecule has 0 radical (unpaired) electrons. The van der Waals surface area contributed by atoms with Gasteiger partial charge in [0.2, 0.25) is 4.96 Å². The summed E-state index contributed by atoms with van der Waals surface area (Å²) < 4.78 is 18.3. The molecule has 0 aliphatic carbocycles. The van der Waals surface area contributed by atoms with Crippen molar-refractivity contribution < 1.29 is 14.2 Å². The minimum atomic E-state index is -0.211. The lowest BCUT2D eigenvalue weighted by atomic mass is 10.2. The molecule has 31 heavy (non-hydrogen) atoms. The average Bonchev–Trinajstić information content (AvgIpc) is 3.33. The molecule has 2 aromatic heterocycles. The molecule has 0 bridgehead atoms. The first-order valence-corrected chi connectivity index (χ1v) is 10.5. The zero-order valence-corrected chi connectivity index (χ0v) is 18.0. The largest absolute Gasteiger partial charge is 0.493 e. The number of aromatic nitrogens is 3. The van der Waals surface area contributed by atoms with Crippen molar-refractivity contribution in [3.63, 3.8) is 0 Å². The van der Waals surface area contributed by atoms with Crippen LogP contribution in [-0.2, 0) is 0 Å². The first-order chi connectivity index (χ1) is 15.1. The van der Waals surface area contributed by atoms with Crippen LogP contribution in [0.3, 0.4) is 0 Å². The summed E-state index contributed by atoms with van der Waals surface area (Å²) in [5.74, 6) is 2.51. The lowest BCUT2D eigenvalue weighted by Gasteiger charge is -2.09. The van der Waals surface area contributed by atoms with Crippen LogP contribution in [0.25, 0.3) is 22.4 Å². The maximum absolute atomic E-state index is 12.8. The summed E-state index contributed by atoms with van der Waals surface area (Å²) >= 11 is 1.29. The first kappa shape index (κ1) is 20.6. The highest BCUT2D eigenvalue weighted by Crippen LogP contribution is 2.28. The maximum atomic E-state index is 12.8. The van der Waals surface area contributed by atoms with Gasteiger partial charge < -0.3 is 14.2 Å². The van der Waals surface area contributed by atoms with Gasteiger partial charge in [-0.05, 0) is 55.0 Å². The highest BCUT2D eigenvalue weighted by molar-refractivity contribution is 7.15. The Labute approximate surface area is 182 Å². The number of methoxy groups -OCH3 is 1. The lowest BCUT2D eigenvalue weighted by Crippen LogP contribution is -2.23.